The molecule has 0 unspecified atom stereocenters. The zero-order valence-corrected chi connectivity index (χ0v) is 10.9. The number of carbonyl (C=O) groups is 2. The molecule has 0 spiro atoms. The Balaban J connectivity index is 3.23. The highest BCUT2D eigenvalue weighted by Crippen LogP contribution is 2.15. The predicted octanol–water partition coefficient (Wildman–Crippen LogP) is 0.461. The molecule has 0 saturated heterocycles. The Morgan fingerprint density at radius 3 is 2.67 bits per heavy atom. The third kappa shape index (κ3) is 3.10. The molecule has 0 aliphatic rings. The molecule has 2 N–H and O–H groups in total. The summed E-state index contributed by atoms with van der Waals surface area (Å²) in [6.07, 6.45) is 3.05. The van der Waals surface area contributed by atoms with Crippen molar-refractivity contribution in [1.82, 2.24) is 9.78 Å². The van der Waals surface area contributed by atoms with E-state index in [2.05, 4.69) is 5.10 Å². The number of Topliss-reactive ketones (excluding diaryl/α,β-unsaturated/α-hetero) is 1. The molecule has 0 atom stereocenters. The second-order valence-electron chi connectivity index (χ2n) is 3.47. The molecule has 1 rings (SSSR count). The molecule has 0 radical (unpaired) electrons. The number of hydrogen-bond donors (Lipinski definition) is 1. The van der Waals surface area contributed by atoms with Crippen LogP contribution in [-0.2, 0) is 21.4 Å². The van der Waals surface area contributed by atoms with E-state index in [9.17, 15) is 9.59 Å². The number of rotatable bonds is 5. The first-order valence-corrected chi connectivity index (χ1v) is 5.79. The van der Waals surface area contributed by atoms with Crippen molar-refractivity contribution in [3.8, 4) is 0 Å². The van der Waals surface area contributed by atoms with Gasteiger partial charge in [-0.15, -0.1) is 11.6 Å². The molecule has 0 aliphatic carbocycles. The zero-order valence-electron chi connectivity index (χ0n) is 10.1. The first-order valence-electron chi connectivity index (χ1n) is 5.26. The van der Waals surface area contributed by atoms with Crippen molar-refractivity contribution >= 4 is 29.1 Å². The molecule has 0 amide bonds. The maximum Gasteiger partial charge on any atom is 0.343 e. The van der Waals surface area contributed by atoms with Gasteiger partial charge in [0, 0.05) is 18.8 Å². The summed E-state index contributed by atoms with van der Waals surface area (Å²) < 4.78 is 6.30. The Kier molecular flexibility index (Phi) is 4.91. The van der Waals surface area contributed by atoms with Crippen molar-refractivity contribution in [2.45, 2.75) is 6.92 Å². The number of esters is 1. The van der Waals surface area contributed by atoms with Gasteiger partial charge in [0.2, 0.25) is 0 Å². The highest BCUT2D eigenvalue weighted by atomic mass is 35.5. The van der Waals surface area contributed by atoms with Crippen LogP contribution >= 0.6 is 11.6 Å². The van der Waals surface area contributed by atoms with Crippen molar-refractivity contribution in [2.24, 2.45) is 12.8 Å². The monoisotopic (exact) mass is 271 g/mol. The zero-order chi connectivity index (χ0) is 13.7. The van der Waals surface area contributed by atoms with Gasteiger partial charge in [0.05, 0.1) is 24.4 Å². The number of carbonyl (C=O) groups excluding carboxylic acids is 2. The summed E-state index contributed by atoms with van der Waals surface area (Å²) in [6, 6.07) is 0. The van der Waals surface area contributed by atoms with Gasteiger partial charge < -0.3 is 10.5 Å². The van der Waals surface area contributed by atoms with Gasteiger partial charge in [0.25, 0.3) is 0 Å². The minimum atomic E-state index is -0.774. The van der Waals surface area contributed by atoms with Crippen LogP contribution in [0.1, 0.15) is 12.5 Å². The Hall–Kier alpha value is -1.82. The molecule has 98 valence electrons. The number of nitrogens with zero attached hydrogens (tertiary/aromatic N) is 2. The quantitative estimate of drug-likeness (QED) is 0.276. The van der Waals surface area contributed by atoms with Crippen LogP contribution in [0.5, 0.6) is 0 Å². The summed E-state index contributed by atoms with van der Waals surface area (Å²) >= 11 is 5.46. The van der Waals surface area contributed by atoms with Crippen molar-refractivity contribution in [2.75, 3.05) is 12.5 Å². The minimum absolute atomic E-state index is 0.0206. The lowest BCUT2D eigenvalue weighted by molar-refractivity contribution is -0.139. The normalized spacial score (nSPS) is 11.9. The summed E-state index contributed by atoms with van der Waals surface area (Å²) in [7, 11) is 1.70. The molecule has 0 saturated carbocycles. The number of alkyl halides is 1. The van der Waals surface area contributed by atoms with E-state index < -0.39 is 11.8 Å². The molecule has 0 fully saturated rings. The fourth-order valence-electron chi connectivity index (χ4n) is 1.35. The number of ether oxygens (including phenoxy) is 1. The van der Waals surface area contributed by atoms with Crippen LogP contribution in [0.3, 0.4) is 0 Å². The molecule has 0 aromatic carbocycles. The summed E-state index contributed by atoms with van der Waals surface area (Å²) in [5.41, 5.74) is 6.06. The summed E-state index contributed by atoms with van der Waals surface area (Å²) in [5, 5.41) is 3.92. The Labute approximate surface area is 109 Å². The summed E-state index contributed by atoms with van der Waals surface area (Å²) in [4.78, 5) is 23.4. The number of ketones is 1. The van der Waals surface area contributed by atoms with Gasteiger partial charge in [0.1, 0.15) is 5.57 Å². The predicted molar refractivity (Wildman–Crippen MR) is 66.7 cm³/mol. The number of aromatic nitrogens is 2. The van der Waals surface area contributed by atoms with E-state index in [-0.39, 0.29) is 23.8 Å². The van der Waals surface area contributed by atoms with Crippen LogP contribution in [0.2, 0.25) is 0 Å². The molecule has 0 aliphatic heterocycles. The highest BCUT2D eigenvalue weighted by Gasteiger charge is 2.23. The van der Waals surface area contributed by atoms with Gasteiger partial charge in [-0.3, -0.25) is 9.48 Å². The van der Waals surface area contributed by atoms with E-state index in [0.717, 1.165) is 0 Å². The number of aryl methyl sites for hydroxylation is 1. The Bertz CT molecular complexity index is 493. The minimum Gasteiger partial charge on any atom is -0.462 e. The smallest absolute Gasteiger partial charge is 0.343 e. The lowest BCUT2D eigenvalue weighted by Gasteiger charge is -2.07. The fraction of sp³-hybridized carbons (Fsp3) is 0.364. The van der Waals surface area contributed by atoms with Crippen LogP contribution in [0.15, 0.2) is 18.0 Å². The molecule has 7 heteroatoms. The molecule has 6 nitrogen and oxygen atoms in total. The Morgan fingerprint density at radius 2 is 2.22 bits per heavy atom. The molecule has 18 heavy (non-hydrogen) atoms. The number of halogens is 1. The van der Waals surface area contributed by atoms with Gasteiger partial charge in [0.15, 0.2) is 5.78 Å². The van der Waals surface area contributed by atoms with Crippen molar-refractivity contribution < 1.29 is 14.3 Å². The SMILES string of the molecule is CCOC(=O)/C(C(=O)CCl)=C(\N)c1cnn(C)c1. The topological polar surface area (TPSA) is 87.2 Å². The molecular weight excluding hydrogens is 258 g/mol. The lowest BCUT2D eigenvalue weighted by atomic mass is 10.1. The number of hydrogen-bond acceptors (Lipinski definition) is 5. The second kappa shape index (κ2) is 6.20. The maximum absolute atomic E-state index is 11.7. The third-order valence-electron chi connectivity index (χ3n) is 2.16. The summed E-state index contributed by atoms with van der Waals surface area (Å²) in [5.74, 6) is -1.68. The van der Waals surface area contributed by atoms with Crippen LogP contribution in [0.4, 0.5) is 0 Å². The van der Waals surface area contributed by atoms with E-state index in [4.69, 9.17) is 22.1 Å². The van der Waals surface area contributed by atoms with Gasteiger partial charge in [-0.05, 0) is 6.92 Å². The maximum atomic E-state index is 11.7. The van der Waals surface area contributed by atoms with E-state index in [0.29, 0.717) is 5.56 Å². The fourth-order valence-corrected chi connectivity index (χ4v) is 1.48. The van der Waals surface area contributed by atoms with Gasteiger partial charge in [-0.2, -0.15) is 5.10 Å². The first kappa shape index (κ1) is 14.2. The van der Waals surface area contributed by atoms with Crippen molar-refractivity contribution in [1.29, 1.82) is 0 Å². The van der Waals surface area contributed by atoms with Crippen LogP contribution in [0, 0.1) is 0 Å². The van der Waals surface area contributed by atoms with E-state index in [1.54, 1.807) is 20.2 Å². The lowest BCUT2D eigenvalue weighted by Crippen LogP contribution is -2.21. The van der Waals surface area contributed by atoms with E-state index >= 15 is 0 Å². The average Bonchev–Trinajstić information content (AvgIpc) is 2.76. The first-order chi connectivity index (χ1) is 8.51. The van der Waals surface area contributed by atoms with Gasteiger partial charge in [-0.25, -0.2) is 4.79 Å². The largest absolute Gasteiger partial charge is 0.462 e. The molecule has 0 bridgehead atoms. The third-order valence-corrected chi connectivity index (χ3v) is 2.41. The Morgan fingerprint density at radius 1 is 1.56 bits per heavy atom. The molecule has 1 aromatic heterocycles. The molecule has 1 aromatic rings. The van der Waals surface area contributed by atoms with Gasteiger partial charge >= 0.3 is 5.97 Å². The van der Waals surface area contributed by atoms with Gasteiger partial charge in [-0.1, -0.05) is 0 Å². The number of nitrogens with two attached hydrogens (primary N) is 1. The van der Waals surface area contributed by atoms with Crippen molar-refractivity contribution in [3.05, 3.63) is 23.5 Å². The van der Waals surface area contributed by atoms with E-state index in [1.807, 2.05) is 0 Å². The molecule has 1 heterocycles. The second-order valence-corrected chi connectivity index (χ2v) is 3.74. The molecular formula is C11H14ClN3O3. The van der Waals surface area contributed by atoms with Crippen LogP contribution in [-0.4, -0.2) is 34.0 Å². The van der Waals surface area contributed by atoms with Crippen LogP contribution in [0.25, 0.3) is 5.70 Å². The average molecular weight is 272 g/mol. The highest BCUT2D eigenvalue weighted by molar-refractivity contribution is 6.36. The summed E-state index contributed by atoms with van der Waals surface area (Å²) in [6.45, 7) is 1.79. The van der Waals surface area contributed by atoms with E-state index in [1.165, 1.54) is 10.9 Å². The van der Waals surface area contributed by atoms with Crippen LogP contribution < -0.4 is 5.73 Å². The standard InChI is InChI=1S/C11H14ClN3O3/c1-3-18-11(17)9(8(16)4-12)10(13)7-5-14-15(2)6-7/h5-6H,3-4,13H2,1-2H3/b10-9-. The van der Waals surface area contributed by atoms with Crippen molar-refractivity contribution in [3.63, 3.8) is 0 Å².